The summed E-state index contributed by atoms with van der Waals surface area (Å²) in [5, 5.41) is 24.5. The zero-order valence-electron chi connectivity index (χ0n) is 16.6. The third-order valence-corrected chi connectivity index (χ3v) is 3.90. The molecule has 2 aromatic carbocycles. The molecule has 2 aromatic rings. The van der Waals surface area contributed by atoms with Crippen molar-refractivity contribution in [1.29, 1.82) is 0 Å². The van der Waals surface area contributed by atoms with E-state index in [1.165, 1.54) is 24.3 Å². The van der Waals surface area contributed by atoms with Crippen LogP contribution in [0.15, 0.2) is 42.5 Å². The van der Waals surface area contributed by atoms with Crippen molar-refractivity contribution in [3.63, 3.8) is 0 Å². The Morgan fingerprint density at radius 2 is 1.32 bits per heavy atom. The molecule has 3 N–H and O–H groups in total. The van der Waals surface area contributed by atoms with Gasteiger partial charge in [0.2, 0.25) is 5.91 Å². The molecule has 12 nitrogen and oxygen atoms in total. The quantitative estimate of drug-likeness (QED) is 0.448. The maximum Gasteiger partial charge on any atom is 0.277 e. The molecule has 0 aliphatic rings. The Balaban J connectivity index is 2.02. The number of nitro groups is 2. The van der Waals surface area contributed by atoms with Crippen molar-refractivity contribution >= 4 is 34.8 Å². The largest absolute Gasteiger partial charge is 0.326 e. The second-order valence-electron chi connectivity index (χ2n) is 6.88. The van der Waals surface area contributed by atoms with Crippen LogP contribution in [-0.2, 0) is 4.79 Å². The lowest BCUT2D eigenvalue weighted by molar-refractivity contribution is -0.394. The minimum atomic E-state index is -0.974. The van der Waals surface area contributed by atoms with Gasteiger partial charge in [-0.3, -0.25) is 45.5 Å². The van der Waals surface area contributed by atoms with Crippen LogP contribution in [0.4, 0.5) is 17.1 Å². The van der Waals surface area contributed by atoms with Gasteiger partial charge in [-0.05, 0) is 30.2 Å². The zero-order chi connectivity index (χ0) is 23.1. The minimum Gasteiger partial charge on any atom is -0.326 e. The van der Waals surface area contributed by atoms with E-state index in [1.54, 1.807) is 0 Å². The first-order valence-electron chi connectivity index (χ1n) is 9.01. The summed E-state index contributed by atoms with van der Waals surface area (Å²) in [5.74, 6) is -1.64. The van der Waals surface area contributed by atoms with Crippen molar-refractivity contribution in [1.82, 2.24) is 10.9 Å². The Morgan fingerprint density at radius 1 is 0.839 bits per heavy atom. The van der Waals surface area contributed by atoms with Gasteiger partial charge in [0.15, 0.2) is 0 Å². The Hall–Kier alpha value is -4.35. The molecule has 0 fully saturated rings. The number of rotatable bonds is 7. The van der Waals surface area contributed by atoms with E-state index in [0.717, 1.165) is 18.2 Å². The average molecular weight is 429 g/mol. The van der Waals surface area contributed by atoms with Gasteiger partial charge in [-0.15, -0.1) is 0 Å². The Bertz CT molecular complexity index is 1000. The molecular formula is C19H19N5O7. The molecule has 162 valence electrons. The molecule has 12 heteroatoms. The number of non-ortho nitro benzene ring substituents is 2. The number of nitro benzene ring substituents is 2. The standard InChI is InChI=1S/C19H19N5O7/c1-11(2)7-17(25)20-14-5-3-12(4-6-14)18(26)21-22-19(27)13-8-15(23(28)29)10-16(9-13)24(30)31/h3-6,8-11H,7H2,1-2H3,(H,20,25)(H,21,26)(H,22,27). The van der Waals surface area contributed by atoms with Gasteiger partial charge in [0, 0.05) is 29.8 Å². The first kappa shape index (κ1) is 22.9. The van der Waals surface area contributed by atoms with E-state index < -0.39 is 33.0 Å². The van der Waals surface area contributed by atoms with Crippen molar-refractivity contribution < 1.29 is 24.2 Å². The molecule has 0 saturated heterocycles. The summed E-state index contributed by atoms with van der Waals surface area (Å²) in [6, 6.07) is 8.29. The van der Waals surface area contributed by atoms with E-state index >= 15 is 0 Å². The highest BCUT2D eigenvalue weighted by atomic mass is 16.6. The highest BCUT2D eigenvalue weighted by Crippen LogP contribution is 2.22. The number of hydrogen-bond donors (Lipinski definition) is 3. The van der Waals surface area contributed by atoms with Crippen LogP contribution in [0.3, 0.4) is 0 Å². The summed E-state index contributed by atoms with van der Waals surface area (Å²) in [5.41, 5.74) is 3.17. The third-order valence-electron chi connectivity index (χ3n) is 3.90. The van der Waals surface area contributed by atoms with Crippen LogP contribution in [0.25, 0.3) is 0 Å². The number of anilines is 1. The van der Waals surface area contributed by atoms with Gasteiger partial charge in [0.05, 0.1) is 21.5 Å². The summed E-state index contributed by atoms with van der Waals surface area (Å²) in [6.45, 7) is 3.82. The maximum absolute atomic E-state index is 12.2. The Morgan fingerprint density at radius 3 is 1.77 bits per heavy atom. The van der Waals surface area contributed by atoms with Gasteiger partial charge in [-0.1, -0.05) is 13.8 Å². The Labute approximate surface area is 175 Å². The van der Waals surface area contributed by atoms with E-state index in [4.69, 9.17) is 0 Å². The molecule has 0 aromatic heterocycles. The molecule has 0 saturated carbocycles. The lowest BCUT2D eigenvalue weighted by Gasteiger charge is -2.09. The fourth-order valence-electron chi connectivity index (χ4n) is 2.48. The molecular weight excluding hydrogens is 410 g/mol. The van der Waals surface area contributed by atoms with Crippen molar-refractivity contribution in [3.05, 3.63) is 73.8 Å². The van der Waals surface area contributed by atoms with Crippen LogP contribution < -0.4 is 16.2 Å². The number of hydrazine groups is 1. The van der Waals surface area contributed by atoms with Gasteiger partial charge in [-0.25, -0.2) is 0 Å². The van der Waals surface area contributed by atoms with Crippen molar-refractivity contribution in [2.45, 2.75) is 20.3 Å². The number of carbonyl (C=O) groups is 3. The van der Waals surface area contributed by atoms with Crippen LogP contribution in [-0.4, -0.2) is 27.6 Å². The first-order chi connectivity index (χ1) is 14.6. The number of benzene rings is 2. The maximum atomic E-state index is 12.2. The molecule has 2 rings (SSSR count). The van der Waals surface area contributed by atoms with Crippen LogP contribution in [0, 0.1) is 26.1 Å². The number of hydrogen-bond acceptors (Lipinski definition) is 7. The van der Waals surface area contributed by atoms with Crippen LogP contribution in [0.5, 0.6) is 0 Å². The topological polar surface area (TPSA) is 174 Å². The van der Waals surface area contributed by atoms with E-state index in [0.29, 0.717) is 12.1 Å². The molecule has 0 spiro atoms. The summed E-state index contributed by atoms with van der Waals surface area (Å²) in [4.78, 5) is 56.2. The fourth-order valence-corrected chi connectivity index (χ4v) is 2.48. The lowest BCUT2D eigenvalue weighted by atomic mass is 10.1. The number of nitrogens with zero attached hydrogens (tertiary/aromatic N) is 2. The number of nitrogens with one attached hydrogen (secondary N) is 3. The molecule has 0 atom stereocenters. The lowest BCUT2D eigenvalue weighted by Crippen LogP contribution is -2.41. The summed E-state index contributed by atoms with van der Waals surface area (Å²) in [7, 11) is 0. The molecule has 0 unspecified atom stereocenters. The number of carbonyl (C=O) groups excluding carboxylic acids is 3. The van der Waals surface area contributed by atoms with Crippen molar-refractivity contribution in [2.24, 2.45) is 5.92 Å². The van der Waals surface area contributed by atoms with E-state index in [-0.39, 0.29) is 23.0 Å². The van der Waals surface area contributed by atoms with Gasteiger partial charge >= 0.3 is 0 Å². The normalized spacial score (nSPS) is 10.3. The second-order valence-corrected chi connectivity index (χ2v) is 6.88. The molecule has 0 aliphatic carbocycles. The second kappa shape index (κ2) is 9.91. The smallest absolute Gasteiger partial charge is 0.277 e. The number of amides is 3. The predicted octanol–water partition coefficient (Wildman–Crippen LogP) is 2.56. The average Bonchev–Trinajstić information content (AvgIpc) is 2.71. The molecule has 0 heterocycles. The molecule has 0 aliphatic heterocycles. The zero-order valence-corrected chi connectivity index (χ0v) is 16.6. The summed E-state index contributed by atoms with van der Waals surface area (Å²) in [6.07, 6.45) is 0.351. The molecule has 0 bridgehead atoms. The molecule has 0 radical (unpaired) electrons. The minimum absolute atomic E-state index is 0.159. The summed E-state index contributed by atoms with van der Waals surface area (Å²) < 4.78 is 0. The third kappa shape index (κ3) is 6.59. The van der Waals surface area contributed by atoms with Crippen LogP contribution in [0.1, 0.15) is 41.0 Å². The van der Waals surface area contributed by atoms with Gasteiger partial charge < -0.3 is 5.32 Å². The van der Waals surface area contributed by atoms with Crippen molar-refractivity contribution in [2.75, 3.05) is 5.32 Å². The molecule has 31 heavy (non-hydrogen) atoms. The van der Waals surface area contributed by atoms with Gasteiger partial charge in [0.1, 0.15) is 0 Å². The van der Waals surface area contributed by atoms with E-state index in [2.05, 4.69) is 10.7 Å². The Kier molecular flexibility index (Phi) is 7.33. The van der Waals surface area contributed by atoms with Gasteiger partial charge in [-0.2, -0.15) is 0 Å². The fraction of sp³-hybridized carbons (Fsp3) is 0.211. The first-order valence-corrected chi connectivity index (χ1v) is 9.01. The van der Waals surface area contributed by atoms with Crippen LogP contribution >= 0.6 is 0 Å². The highest BCUT2D eigenvalue weighted by molar-refractivity contribution is 6.00. The predicted molar refractivity (Wildman–Crippen MR) is 109 cm³/mol. The van der Waals surface area contributed by atoms with Crippen molar-refractivity contribution in [3.8, 4) is 0 Å². The molecule has 3 amide bonds. The summed E-state index contributed by atoms with van der Waals surface area (Å²) >= 11 is 0. The highest BCUT2D eigenvalue weighted by Gasteiger charge is 2.20. The van der Waals surface area contributed by atoms with E-state index in [1.807, 2.05) is 19.3 Å². The van der Waals surface area contributed by atoms with E-state index in [9.17, 15) is 34.6 Å². The van der Waals surface area contributed by atoms with Crippen LogP contribution in [0.2, 0.25) is 0 Å². The SMILES string of the molecule is CC(C)CC(=O)Nc1ccc(C(=O)NNC(=O)c2cc([N+](=O)[O-])cc([N+](=O)[O-])c2)cc1. The monoisotopic (exact) mass is 429 g/mol. The van der Waals surface area contributed by atoms with Gasteiger partial charge in [0.25, 0.3) is 23.2 Å².